The quantitative estimate of drug-likeness (QED) is 0.0778. The summed E-state index contributed by atoms with van der Waals surface area (Å²) in [5.41, 5.74) is -5.08. The molecule has 1 aromatic carbocycles. The lowest BCUT2D eigenvalue weighted by atomic mass is 9.44. The van der Waals surface area contributed by atoms with Crippen molar-refractivity contribution in [2.45, 2.75) is 269 Å². The molecule has 11 atom stereocenters. The Balaban J connectivity index is 1.71. The van der Waals surface area contributed by atoms with Crippen molar-refractivity contribution < 1.29 is 61.3 Å². The van der Waals surface area contributed by atoms with E-state index in [0.717, 1.165) is 37.4 Å². The Hall–Kier alpha value is -3.30. The lowest BCUT2D eigenvalue weighted by Crippen LogP contribution is -2.82. The van der Waals surface area contributed by atoms with Crippen LogP contribution in [0.25, 0.3) is 0 Å². The van der Waals surface area contributed by atoms with E-state index in [9.17, 15) is 19.5 Å². The molecule has 0 unspecified atom stereocenters. The number of hydrogen-bond donors (Lipinski definition) is 2. The molecule has 5 aliphatic rings. The Labute approximate surface area is 471 Å². The Kier molecular flexibility index (Phi) is 20.5. The van der Waals surface area contributed by atoms with Crippen LogP contribution in [0.1, 0.15) is 173 Å². The molecule has 17 heteroatoms. The number of ketones is 1. The van der Waals surface area contributed by atoms with Gasteiger partial charge in [0.1, 0.15) is 30.0 Å². The van der Waals surface area contributed by atoms with Gasteiger partial charge in [0.2, 0.25) is 5.91 Å². The van der Waals surface area contributed by atoms with Crippen LogP contribution in [-0.4, -0.2) is 114 Å². The fourth-order valence-electron chi connectivity index (χ4n) is 13.5. The fourth-order valence-corrected chi connectivity index (χ4v) is 20.4. The first-order valence-electron chi connectivity index (χ1n) is 29.8. The maximum Gasteiger partial charge on any atom is 0.337 e. The number of hydrogen-bond acceptors (Lipinski definition) is 13. The third kappa shape index (κ3) is 12.2. The molecule has 1 saturated heterocycles. The maximum absolute atomic E-state index is 17.2. The third-order valence-electron chi connectivity index (χ3n) is 20.2. The maximum atomic E-state index is 17.2. The third-order valence-corrected chi connectivity index (χ3v) is 33.9. The van der Waals surface area contributed by atoms with E-state index in [4.69, 9.17) is 32.2 Å². The number of benzene rings is 1. The Morgan fingerprint density at radius 2 is 1.36 bits per heavy atom. The zero-order valence-electron chi connectivity index (χ0n) is 50.5. The van der Waals surface area contributed by atoms with Gasteiger partial charge < -0.3 is 42.6 Å². The van der Waals surface area contributed by atoms with Crippen LogP contribution in [0.3, 0.4) is 0 Å². The lowest BCUT2D eigenvalue weighted by molar-refractivity contribution is -0.346. The largest absolute Gasteiger partial charge is 0.459 e. The number of fused-ring (bicyclic) bond motifs is 6. The van der Waals surface area contributed by atoms with Gasteiger partial charge in [-0.1, -0.05) is 119 Å². The van der Waals surface area contributed by atoms with Gasteiger partial charge in [0.15, 0.2) is 42.4 Å². The standard InChI is InChI=1S/C61H99NO13Si3/c1-17-77(18-2,19-3)73-45-38-46-60(40-69-46,72-42(8)63)53-55-61(68)39-44(41(7)49(58(61,12)13)51(54(66)59(45,53)14)75-78(20-4,21-5)22-6)70-56(67)52(74-76(15,16)57(9,10)11)50(43-34-30-29-31-35-43)62-47(64)36-32-27-25-23-24-26-28-33-37-48(65)71-55/h23-24,29-31,34-35,44-46,50-53,55,68H,17-22,25-28,32-33,36-40H2,1-16H3,(H,62,64)/b24-23+/t44-,45-,46+,50-,51+,52+,53-,55-,59+,60-,61+/m0/s1. The van der Waals surface area contributed by atoms with Crippen LogP contribution < -0.4 is 5.32 Å². The van der Waals surface area contributed by atoms with Crippen molar-refractivity contribution in [1.82, 2.24) is 5.32 Å². The number of allylic oxidation sites excluding steroid dienone is 2. The second-order valence-corrected chi connectivity index (χ2v) is 39.9. The van der Waals surface area contributed by atoms with Gasteiger partial charge in [-0.2, -0.15) is 0 Å². The molecular formula is C61H99NO13Si3. The van der Waals surface area contributed by atoms with Gasteiger partial charge in [-0.25, -0.2) is 4.79 Å². The van der Waals surface area contributed by atoms with Crippen molar-refractivity contribution in [3.8, 4) is 0 Å². The molecule has 1 aromatic rings. The summed E-state index contributed by atoms with van der Waals surface area (Å²) >= 11 is 0. The summed E-state index contributed by atoms with van der Waals surface area (Å²) in [4.78, 5) is 75.9. The molecule has 2 aliphatic heterocycles. The summed E-state index contributed by atoms with van der Waals surface area (Å²) in [5.74, 6) is -3.71. The van der Waals surface area contributed by atoms with Gasteiger partial charge in [-0.15, -0.1) is 0 Å². The lowest BCUT2D eigenvalue weighted by Gasteiger charge is -2.68. The van der Waals surface area contributed by atoms with Crippen LogP contribution in [0.15, 0.2) is 53.6 Å². The van der Waals surface area contributed by atoms with E-state index in [1.54, 1.807) is 0 Å². The van der Waals surface area contributed by atoms with E-state index in [1.165, 1.54) is 6.92 Å². The normalized spacial score (nSPS) is 33.3. The van der Waals surface area contributed by atoms with Crippen LogP contribution in [0.2, 0.25) is 54.4 Å². The molecule has 0 aromatic heterocycles. The Morgan fingerprint density at radius 1 is 0.795 bits per heavy atom. The summed E-state index contributed by atoms with van der Waals surface area (Å²) in [6, 6.07) is 12.8. The number of nitrogens with one attached hydrogen (secondary N) is 1. The van der Waals surface area contributed by atoms with E-state index < -0.39 is 113 Å². The minimum atomic E-state index is -2.86. The second-order valence-electron chi connectivity index (χ2n) is 25.7. The van der Waals surface area contributed by atoms with Crippen LogP contribution in [0.4, 0.5) is 0 Å². The zero-order valence-corrected chi connectivity index (χ0v) is 53.5. The highest BCUT2D eigenvalue weighted by Crippen LogP contribution is 2.65. The minimum absolute atomic E-state index is 0.0160. The number of carbonyl (C=O) groups is 5. The molecule has 14 nitrogen and oxygen atoms in total. The molecule has 6 rings (SSSR count). The molecule has 3 aliphatic carbocycles. The van der Waals surface area contributed by atoms with Crippen LogP contribution in [0, 0.1) is 16.7 Å². The molecule has 1 amide bonds. The highest BCUT2D eigenvalue weighted by Gasteiger charge is 2.79. The van der Waals surface area contributed by atoms with Crippen molar-refractivity contribution in [3.63, 3.8) is 0 Å². The highest BCUT2D eigenvalue weighted by atomic mass is 28.4. The summed E-state index contributed by atoms with van der Waals surface area (Å²) in [6.45, 7) is 31.8. The highest BCUT2D eigenvalue weighted by molar-refractivity contribution is 6.74. The molecule has 2 saturated carbocycles. The topological polar surface area (TPSA) is 182 Å². The molecule has 438 valence electrons. The van der Waals surface area contributed by atoms with E-state index in [1.807, 2.05) is 58.0 Å². The molecule has 3 bridgehead atoms. The molecule has 3 fully saturated rings. The first kappa shape index (κ1) is 63.9. The molecule has 0 radical (unpaired) electrons. The molecule has 78 heavy (non-hydrogen) atoms. The SMILES string of the molecule is CC[Si](CC)(CC)O[C@H]1C(=O)[C@]2(C)[C@@H](O[Si](CC)(CC)CC)C[C@H]3OC[C@@]3(OC(C)=O)[C@H]2[C@@H]2OC(=O)CCCC/C=C/CCCCC(=O)N[C@@H](c3ccccc3)[C@@H](O[Si](C)(C)C(C)(C)C)C(=O)O[C@H]3C[C@]2(O)C(C)(C)C1=C3C. The van der Waals surface area contributed by atoms with Crippen molar-refractivity contribution in [1.29, 1.82) is 0 Å². The van der Waals surface area contributed by atoms with Crippen molar-refractivity contribution in [3.05, 3.63) is 59.2 Å². The predicted molar refractivity (Wildman–Crippen MR) is 311 cm³/mol. The van der Waals surface area contributed by atoms with Gasteiger partial charge >= 0.3 is 17.9 Å². The predicted octanol–water partition coefficient (Wildman–Crippen LogP) is 12.3. The summed E-state index contributed by atoms with van der Waals surface area (Å²) in [5, 5.41) is 17.5. The minimum Gasteiger partial charge on any atom is -0.459 e. The van der Waals surface area contributed by atoms with Gasteiger partial charge in [-0.05, 0) is 123 Å². The van der Waals surface area contributed by atoms with E-state index in [2.05, 4.69) is 92.9 Å². The first-order valence-corrected chi connectivity index (χ1v) is 37.7. The zero-order chi connectivity index (χ0) is 57.9. The number of ether oxygens (including phenoxy) is 4. The van der Waals surface area contributed by atoms with Crippen molar-refractivity contribution in [2.75, 3.05) is 6.61 Å². The van der Waals surface area contributed by atoms with Gasteiger partial charge in [0.25, 0.3) is 0 Å². The molecular weight excluding hydrogens is 1040 g/mol. The number of rotatable bonds is 14. The summed E-state index contributed by atoms with van der Waals surface area (Å²) < 4.78 is 49.4. The molecule has 2 N–H and O–H groups in total. The van der Waals surface area contributed by atoms with Gasteiger partial charge in [-0.3, -0.25) is 19.2 Å². The monoisotopic (exact) mass is 1140 g/mol. The van der Waals surface area contributed by atoms with E-state index in [-0.39, 0.29) is 49.0 Å². The van der Waals surface area contributed by atoms with Crippen molar-refractivity contribution >= 4 is 54.6 Å². The van der Waals surface area contributed by atoms with Crippen LogP contribution >= 0.6 is 0 Å². The average molecular weight is 1140 g/mol. The second kappa shape index (κ2) is 25.1. The Morgan fingerprint density at radius 3 is 1.88 bits per heavy atom. The van der Waals surface area contributed by atoms with Crippen molar-refractivity contribution in [2.24, 2.45) is 16.7 Å². The van der Waals surface area contributed by atoms with Gasteiger partial charge in [0, 0.05) is 38.0 Å². The summed E-state index contributed by atoms with van der Waals surface area (Å²) in [6.07, 6.45) is 1.47. The number of aliphatic hydroxyl groups is 1. The van der Waals surface area contributed by atoms with E-state index >= 15 is 9.59 Å². The number of carbonyl (C=O) groups excluding carboxylic acids is 5. The number of amides is 1. The smallest absolute Gasteiger partial charge is 0.337 e. The fraction of sp³-hybridized carbons (Fsp3) is 0.754. The first-order chi connectivity index (χ1) is 36.6. The van der Waals surface area contributed by atoms with Crippen LogP contribution in [-0.2, 0) is 56.2 Å². The average Bonchev–Trinajstić information content (AvgIpc) is 3.16. The van der Waals surface area contributed by atoms with Crippen LogP contribution in [0.5, 0.6) is 0 Å². The van der Waals surface area contributed by atoms with Gasteiger partial charge in [0.05, 0.1) is 30.1 Å². The number of Topliss-reactive ketones (excluding diaryl/α,β-unsaturated/α-hetero) is 1. The molecule has 0 spiro atoms. The Bertz CT molecular complexity index is 2340. The molecule has 2 heterocycles. The number of esters is 3. The summed E-state index contributed by atoms with van der Waals surface area (Å²) in [7, 11) is -8.22. The van der Waals surface area contributed by atoms with E-state index in [0.29, 0.717) is 54.1 Å².